The largest absolute Gasteiger partial charge is 0.481 e. The van der Waals surface area contributed by atoms with Gasteiger partial charge < -0.3 is 43.0 Å². The summed E-state index contributed by atoms with van der Waals surface area (Å²) in [6.45, 7) is 7.92. The first-order valence-corrected chi connectivity index (χ1v) is 12.3. The van der Waals surface area contributed by atoms with Crippen LogP contribution < -0.4 is 0 Å². The van der Waals surface area contributed by atoms with Crippen LogP contribution >= 0.6 is 11.8 Å². The van der Waals surface area contributed by atoms with E-state index < -0.39 is 5.97 Å². The minimum Gasteiger partial charge on any atom is -0.481 e. The molecule has 0 rings (SSSR count). The third kappa shape index (κ3) is 31.1. The zero-order valence-electron chi connectivity index (χ0n) is 19.5. The standard InChI is InChI=1S/C22H40O10S/c1-2-4-25-6-8-27-10-12-29-14-16-31-18-20-33-21-19-32-17-15-30-13-11-28-9-7-26-5-3-22(23)24/h1H,3-21H2,(H,23,24). The summed E-state index contributed by atoms with van der Waals surface area (Å²) in [5.41, 5.74) is 0. The van der Waals surface area contributed by atoms with Crippen LogP contribution in [0.4, 0.5) is 0 Å². The summed E-state index contributed by atoms with van der Waals surface area (Å²) in [6, 6.07) is 0. The number of ether oxygens (including phenoxy) is 8. The van der Waals surface area contributed by atoms with Crippen LogP contribution in [0.3, 0.4) is 0 Å². The molecule has 0 amide bonds. The molecule has 0 saturated carbocycles. The zero-order valence-corrected chi connectivity index (χ0v) is 20.4. The van der Waals surface area contributed by atoms with Crippen molar-refractivity contribution >= 4 is 17.7 Å². The van der Waals surface area contributed by atoms with Crippen molar-refractivity contribution in [1.29, 1.82) is 0 Å². The molecule has 0 heterocycles. The molecule has 0 saturated heterocycles. The van der Waals surface area contributed by atoms with E-state index in [1.807, 2.05) is 0 Å². The van der Waals surface area contributed by atoms with E-state index in [4.69, 9.17) is 49.4 Å². The monoisotopic (exact) mass is 496 g/mol. The lowest BCUT2D eigenvalue weighted by Gasteiger charge is -2.08. The summed E-state index contributed by atoms with van der Waals surface area (Å²) >= 11 is 1.78. The van der Waals surface area contributed by atoms with Gasteiger partial charge in [-0.15, -0.1) is 6.42 Å². The van der Waals surface area contributed by atoms with Crippen LogP contribution in [0.5, 0.6) is 0 Å². The van der Waals surface area contributed by atoms with Crippen LogP contribution in [0.25, 0.3) is 0 Å². The highest BCUT2D eigenvalue weighted by Gasteiger charge is 1.97. The molecule has 0 aromatic rings. The van der Waals surface area contributed by atoms with Gasteiger partial charge in [0.05, 0.1) is 106 Å². The highest BCUT2D eigenvalue weighted by molar-refractivity contribution is 7.99. The van der Waals surface area contributed by atoms with Crippen molar-refractivity contribution in [3.8, 4) is 12.3 Å². The van der Waals surface area contributed by atoms with Crippen LogP contribution in [0.1, 0.15) is 6.42 Å². The second kappa shape index (κ2) is 29.1. The molecule has 10 nitrogen and oxygen atoms in total. The van der Waals surface area contributed by atoms with Gasteiger partial charge in [-0.25, -0.2) is 0 Å². The molecule has 194 valence electrons. The van der Waals surface area contributed by atoms with Crippen LogP contribution in [-0.4, -0.2) is 128 Å². The number of carbonyl (C=O) groups is 1. The van der Waals surface area contributed by atoms with Gasteiger partial charge in [-0.1, -0.05) is 5.92 Å². The predicted molar refractivity (Wildman–Crippen MR) is 125 cm³/mol. The maximum absolute atomic E-state index is 10.3. The second-order valence-corrected chi connectivity index (χ2v) is 7.52. The minimum absolute atomic E-state index is 0.00849. The number of hydrogen-bond donors (Lipinski definition) is 1. The summed E-state index contributed by atoms with van der Waals surface area (Å²) in [5.74, 6) is 3.35. The molecule has 0 aromatic carbocycles. The topological polar surface area (TPSA) is 111 Å². The van der Waals surface area contributed by atoms with Crippen molar-refractivity contribution < 1.29 is 47.8 Å². The van der Waals surface area contributed by atoms with E-state index in [-0.39, 0.29) is 13.0 Å². The van der Waals surface area contributed by atoms with Gasteiger partial charge in [0.2, 0.25) is 0 Å². The van der Waals surface area contributed by atoms with Gasteiger partial charge in [-0.3, -0.25) is 4.79 Å². The fraction of sp³-hybridized carbons (Fsp3) is 0.864. The number of carboxylic acid groups (broad SMARTS) is 1. The number of carboxylic acids is 1. The zero-order chi connectivity index (χ0) is 24.1. The number of rotatable bonds is 28. The normalized spacial score (nSPS) is 11.0. The highest BCUT2D eigenvalue weighted by Crippen LogP contribution is 1.99. The Kier molecular flexibility index (Phi) is 28.3. The fourth-order valence-corrected chi connectivity index (χ4v) is 2.73. The molecule has 0 aliphatic heterocycles. The third-order valence-corrected chi connectivity index (χ3v) is 4.53. The molecule has 0 fully saturated rings. The van der Waals surface area contributed by atoms with Gasteiger partial charge in [-0.2, -0.15) is 11.8 Å². The van der Waals surface area contributed by atoms with E-state index in [1.165, 1.54) is 0 Å². The Morgan fingerprint density at radius 3 is 1.27 bits per heavy atom. The third-order valence-electron chi connectivity index (χ3n) is 3.62. The number of thioether (sulfide) groups is 1. The Morgan fingerprint density at radius 2 is 0.909 bits per heavy atom. The van der Waals surface area contributed by atoms with E-state index in [1.54, 1.807) is 11.8 Å². The van der Waals surface area contributed by atoms with Gasteiger partial charge in [0.1, 0.15) is 6.61 Å². The van der Waals surface area contributed by atoms with E-state index in [0.29, 0.717) is 99.1 Å². The van der Waals surface area contributed by atoms with Crippen molar-refractivity contribution in [2.75, 3.05) is 117 Å². The lowest BCUT2D eigenvalue weighted by molar-refractivity contribution is -0.138. The minimum atomic E-state index is -0.866. The van der Waals surface area contributed by atoms with Gasteiger partial charge in [0, 0.05) is 11.5 Å². The van der Waals surface area contributed by atoms with Crippen LogP contribution in [-0.2, 0) is 42.7 Å². The van der Waals surface area contributed by atoms with Crippen LogP contribution in [0, 0.1) is 12.3 Å². The van der Waals surface area contributed by atoms with Crippen molar-refractivity contribution in [1.82, 2.24) is 0 Å². The molecule has 0 unspecified atom stereocenters. The maximum atomic E-state index is 10.3. The van der Waals surface area contributed by atoms with Crippen molar-refractivity contribution in [2.24, 2.45) is 0 Å². The molecule has 0 aliphatic rings. The van der Waals surface area contributed by atoms with Crippen molar-refractivity contribution in [3.63, 3.8) is 0 Å². The van der Waals surface area contributed by atoms with Gasteiger partial charge in [0.15, 0.2) is 0 Å². The van der Waals surface area contributed by atoms with Crippen LogP contribution in [0.2, 0.25) is 0 Å². The smallest absolute Gasteiger partial charge is 0.305 e. The predicted octanol–water partition coefficient (Wildman–Crippen LogP) is 0.960. The van der Waals surface area contributed by atoms with E-state index in [0.717, 1.165) is 11.5 Å². The van der Waals surface area contributed by atoms with Crippen molar-refractivity contribution in [3.05, 3.63) is 0 Å². The summed E-state index contributed by atoms with van der Waals surface area (Å²) < 4.78 is 42.6. The molecule has 0 bridgehead atoms. The quantitative estimate of drug-likeness (QED) is 0.123. The fourth-order valence-electron chi connectivity index (χ4n) is 2.05. The molecule has 0 aromatic heterocycles. The summed E-state index contributed by atoms with van der Waals surface area (Å²) in [7, 11) is 0. The molecule has 11 heteroatoms. The first-order chi connectivity index (χ1) is 16.3. The molecular formula is C22H40O10S. The van der Waals surface area contributed by atoms with E-state index in [9.17, 15) is 4.79 Å². The Balaban J connectivity index is 3.01. The average molecular weight is 497 g/mol. The van der Waals surface area contributed by atoms with Crippen LogP contribution in [0.15, 0.2) is 0 Å². The maximum Gasteiger partial charge on any atom is 0.305 e. The average Bonchev–Trinajstić information content (AvgIpc) is 2.80. The Labute approximate surface area is 201 Å². The number of aliphatic carboxylic acids is 1. The van der Waals surface area contributed by atoms with Crippen molar-refractivity contribution in [2.45, 2.75) is 6.42 Å². The number of hydrogen-bond acceptors (Lipinski definition) is 10. The highest BCUT2D eigenvalue weighted by atomic mass is 32.2. The summed E-state index contributed by atoms with van der Waals surface area (Å²) in [5, 5.41) is 8.45. The summed E-state index contributed by atoms with van der Waals surface area (Å²) in [4.78, 5) is 10.3. The van der Waals surface area contributed by atoms with Gasteiger partial charge >= 0.3 is 5.97 Å². The molecule has 0 atom stereocenters. The Bertz CT molecular complexity index is 447. The molecule has 0 aliphatic carbocycles. The van der Waals surface area contributed by atoms with E-state index >= 15 is 0 Å². The first-order valence-electron chi connectivity index (χ1n) is 11.1. The Hall–Kier alpha value is -0.940. The Morgan fingerprint density at radius 1 is 0.576 bits per heavy atom. The molecule has 33 heavy (non-hydrogen) atoms. The lowest BCUT2D eigenvalue weighted by Crippen LogP contribution is -2.13. The van der Waals surface area contributed by atoms with Gasteiger partial charge in [0.25, 0.3) is 0 Å². The summed E-state index contributed by atoms with van der Waals surface area (Å²) in [6.07, 6.45) is 5.07. The SMILES string of the molecule is C#CCOCCOCCOCCOCCSCCOCCOCCOCCOCCC(=O)O. The number of terminal acetylenes is 1. The van der Waals surface area contributed by atoms with Gasteiger partial charge in [-0.05, 0) is 0 Å². The first kappa shape index (κ1) is 32.1. The molecule has 0 radical (unpaired) electrons. The second-order valence-electron chi connectivity index (χ2n) is 6.30. The molecule has 0 spiro atoms. The lowest BCUT2D eigenvalue weighted by atomic mass is 10.5. The van der Waals surface area contributed by atoms with E-state index in [2.05, 4.69) is 5.92 Å². The molecule has 1 N–H and O–H groups in total. The molecular weight excluding hydrogens is 456 g/mol.